The molecule has 10 heteroatoms. The Morgan fingerprint density at radius 1 is 1.10 bits per heavy atom. The summed E-state index contributed by atoms with van der Waals surface area (Å²) in [6, 6.07) is 7.45. The predicted molar refractivity (Wildman–Crippen MR) is 141 cm³/mol. The highest BCUT2D eigenvalue weighted by Crippen LogP contribution is 2.53. The van der Waals surface area contributed by atoms with E-state index in [0.717, 1.165) is 0 Å². The second-order valence-corrected chi connectivity index (χ2v) is 10.4. The van der Waals surface area contributed by atoms with Gasteiger partial charge in [0, 0.05) is 43.3 Å². The van der Waals surface area contributed by atoms with Gasteiger partial charge in [-0.05, 0) is 48.1 Å². The van der Waals surface area contributed by atoms with E-state index in [1.54, 1.807) is 49.3 Å². The number of phenolic OH excluding ortho intramolecular Hbond substituents is 1. The van der Waals surface area contributed by atoms with E-state index < -0.39 is 57.8 Å². The quantitative estimate of drug-likeness (QED) is 0.296. The van der Waals surface area contributed by atoms with Gasteiger partial charge in [-0.1, -0.05) is 24.3 Å². The van der Waals surface area contributed by atoms with E-state index in [1.807, 2.05) is 0 Å². The zero-order chi connectivity index (χ0) is 28.4. The maximum Gasteiger partial charge on any atom is 0.255 e. The number of aliphatic hydroxyl groups excluding tert-OH is 2. The van der Waals surface area contributed by atoms with E-state index >= 15 is 0 Å². The third kappa shape index (κ3) is 3.90. The van der Waals surface area contributed by atoms with Gasteiger partial charge in [-0.2, -0.15) is 0 Å². The fourth-order valence-corrected chi connectivity index (χ4v) is 5.98. The van der Waals surface area contributed by atoms with Gasteiger partial charge in [0.1, 0.15) is 28.7 Å². The lowest BCUT2D eigenvalue weighted by atomic mass is 9.59. The molecule has 3 aliphatic rings. The monoisotopic (exact) mass is 534 g/mol. The normalized spacial score (nSPS) is 24.5. The third-order valence-corrected chi connectivity index (χ3v) is 7.88. The SMILES string of the molecule is CN(C)c1cc(/C=C/c2ccc(F)cc2)c(O)c2c1C[C@H]1C[C@H]3CC(=O)C(C(N)=O)=C(O)[C@@]3(O)C(=O)C1=C2O. The van der Waals surface area contributed by atoms with Gasteiger partial charge >= 0.3 is 0 Å². The molecule has 2 aromatic carbocycles. The zero-order valence-corrected chi connectivity index (χ0v) is 21.2. The van der Waals surface area contributed by atoms with E-state index in [-0.39, 0.29) is 36.1 Å². The third-order valence-electron chi connectivity index (χ3n) is 7.88. The summed E-state index contributed by atoms with van der Waals surface area (Å²) in [4.78, 5) is 39.8. The summed E-state index contributed by atoms with van der Waals surface area (Å²) >= 11 is 0. The van der Waals surface area contributed by atoms with Gasteiger partial charge in [-0.25, -0.2) is 4.39 Å². The number of fused-ring (bicyclic) bond motifs is 3. The number of aliphatic hydroxyl groups is 3. The first-order valence-corrected chi connectivity index (χ1v) is 12.3. The van der Waals surface area contributed by atoms with Crippen molar-refractivity contribution in [2.75, 3.05) is 19.0 Å². The smallest absolute Gasteiger partial charge is 0.255 e. The van der Waals surface area contributed by atoms with Crippen molar-refractivity contribution in [1.29, 1.82) is 0 Å². The van der Waals surface area contributed by atoms with Crippen LogP contribution < -0.4 is 10.6 Å². The number of ketones is 2. The molecule has 0 bridgehead atoms. The van der Waals surface area contributed by atoms with Crippen LogP contribution in [-0.4, -0.2) is 57.6 Å². The minimum absolute atomic E-state index is 0.00656. The minimum atomic E-state index is -2.62. The molecule has 3 atom stereocenters. The Hall–Kier alpha value is -4.44. The lowest BCUT2D eigenvalue weighted by molar-refractivity contribution is -0.147. The second kappa shape index (κ2) is 9.09. The number of rotatable bonds is 4. The highest BCUT2D eigenvalue weighted by atomic mass is 19.1. The maximum atomic E-state index is 13.7. The highest BCUT2D eigenvalue weighted by Gasteiger charge is 2.60. The molecule has 0 saturated heterocycles. The molecule has 0 unspecified atom stereocenters. The van der Waals surface area contributed by atoms with Gasteiger partial charge in [0.05, 0.1) is 5.56 Å². The van der Waals surface area contributed by atoms with Crippen LogP contribution in [0.5, 0.6) is 5.75 Å². The minimum Gasteiger partial charge on any atom is -0.508 e. The van der Waals surface area contributed by atoms with Crippen molar-refractivity contribution < 1.29 is 39.2 Å². The Balaban J connectivity index is 1.67. The summed E-state index contributed by atoms with van der Waals surface area (Å²) in [6.07, 6.45) is 3.14. The molecule has 0 aliphatic heterocycles. The van der Waals surface area contributed by atoms with Gasteiger partial charge in [0.25, 0.3) is 5.91 Å². The number of amides is 1. The number of benzene rings is 2. The fourth-order valence-electron chi connectivity index (χ4n) is 5.98. The molecule has 39 heavy (non-hydrogen) atoms. The number of nitrogens with two attached hydrogens (primary N) is 1. The molecule has 1 fully saturated rings. The summed E-state index contributed by atoms with van der Waals surface area (Å²) in [7, 11) is 3.57. The van der Waals surface area contributed by atoms with Crippen LogP contribution in [0.1, 0.15) is 35.1 Å². The lowest BCUT2D eigenvalue weighted by Gasteiger charge is -2.46. The first-order valence-electron chi connectivity index (χ1n) is 12.3. The number of hydrogen-bond donors (Lipinski definition) is 5. The number of phenols is 1. The topological polar surface area (TPSA) is 161 Å². The average Bonchev–Trinajstić information content (AvgIpc) is 2.86. The van der Waals surface area contributed by atoms with Crippen molar-refractivity contribution in [3.05, 3.63) is 75.3 Å². The Bertz CT molecular complexity index is 1540. The van der Waals surface area contributed by atoms with Crippen molar-refractivity contribution in [1.82, 2.24) is 0 Å². The largest absolute Gasteiger partial charge is 0.508 e. The van der Waals surface area contributed by atoms with Gasteiger partial charge in [0.2, 0.25) is 5.78 Å². The molecule has 1 saturated carbocycles. The van der Waals surface area contributed by atoms with E-state index in [4.69, 9.17) is 5.73 Å². The van der Waals surface area contributed by atoms with Crippen molar-refractivity contribution in [2.24, 2.45) is 17.6 Å². The van der Waals surface area contributed by atoms with Crippen molar-refractivity contribution >= 4 is 41.1 Å². The average molecular weight is 535 g/mol. The second-order valence-electron chi connectivity index (χ2n) is 10.4. The number of aromatic hydroxyl groups is 1. The van der Waals surface area contributed by atoms with E-state index in [2.05, 4.69) is 0 Å². The van der Waals surface area contributed by atoms with Gasteiger partial charge in [0.15, 0.2) is 11.4 Å². The molecule has 3 aliphatic carbocycles. The van der Waals surface area contributed by atoms with Gasteiger partial charge < -0.3 is 31.1 Å². The number of Topliss-reactive ketones (excluding diaryl/α,β-unsaturated/α-hetero) is 2. The summed E-state index contributed by atoms with van der Waals surface area (Å²) in [5.74, 6) is -7.10. The van der Waals surface area contributed by atoms with Gasteiger partial charge in [-0.15, -0.1) is 0 Å². The standard InChI is InChI=1S/C29H27FN2O7/c1-32(2)19-11-14(6-3-13-4-7-17(30)8-5-13)24(34)22-18(19)10-15-9-16-12-20(33)23(28(31)38)27(37)29(16,39)26(36)21(15)25(22)35/h3-8,11,15-16,34-35,37,39H,9-10,12H2,1-2H3,(H2,31,38)/b6-3+/t15-,16+,29+/m1/s1. The van der Waals surface area contributed by atoms with Gasteiger partial charge in [-0.3, -0.25) is 14.4 Å². The maximum absolute atomic E-state index is 13.7. The van der Waals surface area contributed by atoms with Crippen LogP contribution in [0, 0.1) is 17.7 Å². The van der Waals surface area contributed by atoms with Crippen LogP contribution in [0.15, 0.2) is 47.2 Å². The number of nitrogens with zero attached hydrogens (tertiary/aromatic N) is 1. The molecule has 0 spiro atoms. The number of halogens is 1. The Kier molecular flexibility index (Phi) is 6.10. The zero-order valence-electron chi connectivity index (χ0n) is 21.2. The number of primary amides is 1. The summed E-state index contributed by atoms with van der Waals surface area (Å²) in [5.41, 5.74) is 3.80. The molecule has 0 radical (unpaired) electrons. The lowest BCUT2D eigenvalue weighted by Crippen LogP contribution is -2.58. The molecule has 6 N–H and O–H groups in total. The summed E-state index contributed by atoms with van der Waals surface area (Å²) in [5, 5.41) is 44.8. The van der Waals surface area contributed by atoms with Crippen LogP contribution in [0.25, 0.3) is 17.9 Å². The Morgan fingerprint density at radius 2 is 1.77 bits per heavy atom. The van der Waals surface area contributed by atoms with Crippen LogP contribution >= 0.6 is 0 Å². The predicted octanol–water partition coefficient (Wildman–Crippen LogP) is 2.80. The Labute approximate surface area is 223 Å². The first-order chi connectivity index (χ1) is 18.4. The molecule has 0 aromatic heterocycles. The highest BCUT2D eigenvalue weighted by molar-refractivity contribution is 6.22. The molecule has 9 nitrogen and oxygen atoms in total. The summed E-state index contributed by atoms with van der Waals surface area (Å²) < 4.78 is 13.3. The van der Waals surface area contributed by atoms with Crippen LogP contribution in [0.3, 0.4) is 0 Å². The van der Waals surface area contributed by atoms with E-state index in [0.29, 0.717) is 22.4 Å². The van der Waals surface area contributed by atoms with Crippen molar-refractivity contribution in [3.8, 4) is 5.75 Å². The van der Waals surface area contributed by atoms with Crippen LogP contribution in [-0.2, 0) is 20.8 Å². The molecular formula is C29H27FN2O7. The molecule has 0 heterocycles. The first kappa shape index (κ1) is 26.2. The number of hydrogen-bond acceptors (Lipinski definition) is 8. The molecular weight excluding hydrogens is 507 g/mol. The van der Waals surface area contributed by atoms with E-state index in [1.165, 1.54) is 12.1 Å². The molecule has 1 amide bonds. The van der Waals surface area contributed by atoms with Crippen LogP contribution in [0.4, 0.5) is 10.1 Å². The van der Waals surface area contributed by atoms with Crippen LogP contribution in [0.2, 0.25) is 0 Å². The number of carbonyl (C=O) groups is 3. The van der Waals surface area contributed by atoms with Crippen molar-refractivity contribution in [2.45, 2.75) is 24.9 Å². The fraction of sp³-hybridized carbons (Fsp3) is 0.276. The number of carbonyl (C=O) groups excluding carboxylic acids is 3. The summed E-state index contributed by atoms with van der Waals surface area (Å²) in [6.45, 7) is 0. The molecule has 5 rings (SSSR count). The molecule has 2 aromatic rings. The van der Waals surface area contributed by atoms with E-state index in [9.17, 15) is 39.2 Å². The Morgan fingerprint density at radius 3 is 2.38 bits per heavy atom. The van der Waals surface area contributed by atoms with Crippen molar-refractivity contribution in [3.63, 3.8) is 0 Å². The number of anilines is 1. The molecule has 202 valence electrons.